The number of hydrogen-bond donors (Lipinski definition) is 1. The average molecular weight is 374 g/mol. The molecule has 126 valence electrons. The van der Waals surface area contributed by atoms with Crippen LogP contribution in [0.15, 0.2) is 34.5 Å². The summed E-state index contributed by atoms with van der Waals surface area (Å²) in [5, 5.41) is 3.11. The quantitative estimate of drug-likeness (QED) is 0.772. The van der Waals surface area contributed by atoms with Crippen molar-refractivity contribution in [3.05, 3.63) is 45.4 Å². The number of halogens is 1. The number of nitrogens with one attached hydrogen (secondary N) is 1. The smallest absolute Gasteiger partial charge is 0.241 e. The van der Waals surface area contributed by atoms with Crippen LogP contribution in [0.5, 0.6) is 0 Å². The summed E-state index contributed by atoms with van der Waals surface area (Å²) < 4.78 is 27.0. The fourth-order valence-corrected chi connectivity index (χ4v) is 4.16. The summed E-state index contributed by atoms with van der Waals surface area (Å²) in [4.78, 5) is 6.90. The fourth-order valence-electron chi connectivity index (χ4n) is 2.05. The summed E-state index contributed by atoms with van der Waals surface area (Å²) in [6.45, 7) is 7.10. The number of aromatic nitrogens is 1. The van der Waals surface area contributed by atoms with Crippen LogP contribution in [0.1, 0.15) is 24.5 Å². The fraction of sp³-hybridized carbons (Fsp3) is 0.400. The van der Waals surface area contributed by atoms with Gasteiger partial charge < -0.3 is 0 Å². The zero-order chi connectivity index (χ0) is 16.9. The summed E-state index contributed by atoms with van der Waals surface area (Å²) in [6, 6.07) is 6.20. The van der Waals surface area contributed by atoms with E-state index in [4.69, 9.17) is 11.6 Å². The van der Waals surface area contributed by atoms with Crippen LogP contribution in [-0.4, -0.2) is 31.4 Å². The van der Waals surface area contributed by atoms with E-state index < -0.39 is 10.0 Å². The van der Waals surface area contributed by atoms with E-state index in [1.807, 2.05) is 5.38 Å². The summed E-state index contributed by atoms with van der Waals surface area (Å²) in [5.41, 5.74) is 0.968. The molecule has 23 heavy (non-hydrogen) atoms. The lowest BCUT2D eigenvalue weighted by Crippen LogP contribution is -2.24. The van der Waals surface area contributed by atoms with Gasteiger partial charge in [-0.05, 0) is 31.3 Å². The molecule has 0 spiro atoms. The minimum absolute atomic E-state index is 0.157. The van der Waals surface area contributed by atoms with Gasteiger partial charge in [-0.15, -0.1) is 11.3 Å². The van der Waals surface area contributed by atoms with Crippen molar-refractivity contribution in [3.8, 4) is 0 Å². The molecule has 0 aliphatic heterocycles. The third-order valence-corrected chi connectivity index (χ3v) is 5.93. The van der Waals surface area contributed by atoms with Crippen LogP contribution in [0.2, 0.25) is 5.02 Å². The van der Waals surface area contributed by atoms with E-state index >= 15 is 0 Å². The number of benzene rings is 1. The lowest BCUT2D eigenvalue weighted by Gasteiger charge is -2.15. The molecule has 0 atom stereocenters. The van der Waals surface area contributed by atoms with Crippen LogP contribution < -0.4 is 4.72 Å². The molecule has 0 aliphatic carbocycles. The molecule has 2 aromatic rings. The van der Waals surface area contributed by atoms with Gasteiger partial charge in [-0.1, -0.05) is 31.5 Å². The molecule has 1 heterocycles. The van der Waals surface area contributed by atoms with Gasteiger partial charge in [-0.25, -0.2) is 18.1 Å². The molecule has 0 radical (unpaired) electrons. The molecule has 1 aromatic carbocycles. The molecule has 0 fully saturated rings. The van der Waals surface area contributed by atoms with Crippen LogP contribution in [0.3, 0.4) is 0 Å². The van der Waals surface area contributed by atoms with Crippen molar-refractivity contribution >= 4 is 33.0 Å². The maximum Gasteiger partial charge on any atom is 0.241 e. The summed E-state index contributed by atoms with van der Waals surface area (Å²) >= 11 is 7.30. The van der Waals surface area contributed by atoms with E-state index in [9.17, 15) is 8.42 Å². The van der Waals surface area contributed by atoms with Crippen molar-refractivity contribution in [1.82, 2.24) is 14.6 Å². The SMILES string of the molecule is CCN(CC)Cc1csc(CNS(=O)(=O)c2cccc(Cl)c2)n1. The van der Waals surface area contributed by atoms with Gasteiger partial charge in [-0.3, -0.25) is 4.90 Å². The minimum atomic E-state index is -3.58. The first-order valence-electron chi connectivity index (χ1n) is 7.35. The number of thiazole rings is 1. The van der Waals surface area contributed by atoms with Crippen molar-refractivity contribution in [2.75, 3.05) is 13.1 Å². The number of hydrogen-bond acceptors (Lipinski definition) is 5. The van der Waals surface area contributed by atoms with Crippen molar-refractivity contribution in [2.24, 2.45) is 0 Å². The Labute approximate surface area is 146 Å². The van der Waals surface area contributed by atoms with E-state index in [2.05, 4.69) is 28.5 Å². The molecular formula is C15H20ClN3O2S2. The Morgan fingerprint density at radius 2 is 2.04 bits per heavy atom. The van der Waals surface area contributed by atoms with E-state index in [-0.39, 0.29) is 11.4 Å². The second-order valence-electron chi connectivity index (χ2n) is 4.98. The molecule has 2 rings (SSSR count). The Bertz CT molecular complexity index is 743. The highest BCUT2D eigenvalue weighted by Gasteiger charge is 2.15. The highest BCUT2D eigenvalue weighted by molar-refractivity contribution is 7.89. The van der Waals surface area contributed by atoms with Gasteiger partial charge in [0.1, 0.15) is 5.01 Å². The van der Waals surface area contributed by atoms with Gasteiger partial charge in [0.2, 0.25) is 10.0 Å². The van der Waals surface area contributed by atoms with Gasteiger partial charge in [0.15, 0.2) is 0 Å². The van der Waals surface area contributed by atoms with E-state index in [0.717, 1.165) is 30.3 Å². The topological polar surface area (TPSA) is 62.3 Å². The Balaban J connectivity index is 1.99. The predicted octanol–water partition coefficient (Wildman–Crippen LogP) is 3.12. The Morgan fingerprint density at radius 3 is 2.70 bits per heavy atom. The second kappa shape index (κ2) is 8.21. The molecule has 1 N–H and O–H groups in total. The lowest BCUT2D eigenvalue weighted by atomic mass is 10.4. The van der Waals surface area contributed by atoms with Crippen LogP contribution in [-0.2, 0) is 23.1 Å². The molecule has 1 aromatic heterocycles. The summed E-state index contributed by atoms with van der Waals surface area (Å²) in [5.74, 6) is 0. The molecule has 0 unspecified atom stereocenters. The first-order chi connectivity index (χ1) is 10.9. The molecule has 0 saturated heterocycles. The van der Waals surface area contributed by atoms with Crippen molar-refractivity contribution in [2.45, 2.75) is 31.8 Å². The van der Waals surface area contributed by atoms with Crippen LogP contribution in [0, 0.1) is 0 Å². The Kier molecular flexibility index (Phi) is 6.55. The third-order valence-electron chi connectivity index (χ3n) is 3.40. The molecule has 0 bridgehead atoms. The monoisotopic (exact) mass is 373 g/mol. The van der Waals surface area contributed by atoms with Crippen LogP contribution >= 0.6 is 22.9 Å². The standard InChI is InChI=1S/C15H20ClN3O2S2/c1-3-19(4-2)10-13-11-22-15(18-13)9-17-23(20,21)14-7-5-6-12(16)8-14/h5-8,11,17H,3-4,9-10H2,1-2H3. The molecular weight excluding hydrogens is 354 g/mol. The average Bonchev–Trinajstić information content (AvgIpc) is 2.98. The lowest BCUT2D eigenvalue weighted by molar-refractivity contribution is 0.292. The first-order valence-corrected chi connectivity index (χ1v) is 10.1. The van der Waals surface area contributed by atoms with Gasteiger partial charge >= 0.3 is 0 Å². The van der Waals surface area contributed by atoms with Crippen molar-refractivity contribution in [1.29, 1.82) is 0 Å². The van der Waals surface area contributed by atoms with Crippen molar-refractivity contribution < 1.29 is 8.42 Å². The minimum Gasteiger partial charge on any atom is -0.298 e. The molecule has 0 aliphatic rings. The van der Waals surface area contributed by atoms with Crippen molar-refractivity contribution in [3.63, 3.8) is 0 Å². The zero-order valence-corrected chi connectivity index (χ0v) is 15.5. The highest BCUT2D eigenvalue weighted by atomic mass is 35.5. The number of sulfonamides is 1. The van der Waals surface area contributed by atoms with Gasteiger partial charge in [-0.2, -0.15) is 0 Å². The molecule has 0 amide bonds. The normalized spacial score (nSPS) is 12.0. The number of nitrogens with zero attached hydrogens (tertiary/aromatic N) is 2. The van der Waals surface area contributed by atoms with E-state index in [1.54, 1.807) is 12.1 Å². The molecule has 5 nitrogen and oxygen atoms in total. The van der Waals surface area contributed by atoms with Gasteiger partial charge in [0.05, 0.1) is 17.1 Å². The summed E-state index contributed by atoms with van der Waals surface area (Å²) in [7, 11) is -3.58. The largest absolute Gasteiger partial charge is 0.298 e. The van der Waals surface area contributed by atoms with Gasteiger partial charge in [0.25, 0.3) is 0 Å². The third kappa shape index (κ3) is 5.26. The summed E-state index contributed by atoms with van der Waals surface area (Å²) in [6.07, 6.45) is 0. The molecule has 0 saturated carbocycles. The second-order valence-corrected chi connectivity index (χ2v) is 8.12. The van der Waals surface area contributed by atoms with Crippen LogP contribution in [0.4, 0.5) is 0 Å². The van der Waals surface area contributed by atoms with E-state index in [0.29, 0.717) is 5.02 Å². The number of rotatable bonds is 8. The van der Waals surface area contributed by atoms with Crippen LogP contribution in [0.25, 0.3) is 0 Å². The maximum absolute atomic E-state index is 12.2. The molecule has 8 heteroatoms. The highest BCUT2D eigenvalue weighted by Crippen LogP contribution is 2.17. The predicted molar refractivity (Wildman–Crippen MR) is 94.2 cm³/mol. The van der Waals surface area contributed by atoms with Gasteiger partial charge in [0, 0.05) is 16.9 Å². The Morgan fingerprint density at radius 1 is 1.30 bits per heavy atom. The maximum atomic E-state index is 12.2. The first kappa shape index (κ1) is 18.4. The Hall–Kier alpha value is -0.990. The van der Waals surface area contributed by atoms with E-state index in [1.165, 1.54) is 23.5 Å². The zero-order valence-electron chi connectivity index (χ0n) is 13.1.